The Labute approximate surface area is 196 Å². The van der Waals surface area contributed by atoms with Crippen molar-refractivity contribution in [3.05, 3.63) is 76.1 Å². The third-order valence-electron chi connectivity index (χ3n) is 6.37. The average molecular weight is 489 g/mol. The summed E-state index contributed by atoms with van der Waals surface area (Å²) in [5.74, 6) is 0.629. The number of carbonyl (C=O) groups excluding carboxylic acids is 1. The molecule has 0 saturated heterocycles. The Hall–Kier alpha value is -3.46. The molecule has 3 aromatic rings. The van der Waals surface area contributed by atoms with E-state index in [9.17, 15) is 18.0 Å². The van der Waals surface area contributed by atoms with Crippen molar-refractivity contribution in [2.45, 2.75) is 18.1 Å². The fourth-order valence-corrected chi connectivity index (χ4v) is 5.20. The molecule has 0 radical (unpaired) electrons. The van der Waals surface area contributed by atoms with Crippen LogP contribution in [0.1, 0.15) is 22.4 Å². The number of hydrogen-bond donors (Lipinski definition) is 0. The predicted molar refractivity (Wildman–Crippen MR) is 116 cm³/mol. The Bertz CT molecular complexity index is 1350. The molecule has 1 aromatic heterocycles. The van der Waals surface area contributed by atoms with E-state index in [1.54, 1.807) is 30.3 Å². The Kier molecular flexibility index (Phi) is 4.51. The number of ether oxygens (including phenoxy) is 3. The van der Waals surface area contributed by atoms with Gasteiger partial charge in [0.2, 0.25) is 5.91 Å². The van der Waals surface area contributed by atoms with E-state index in [1.807, 2.05) is 0 Å². The molecular weight excluding hydrogens is 473 g/mol. The van der Waals surface area contributed by atoms with Crippen molar-refractivity contribution < 1.29 is 32.2 Å². The number of benzene rings is 2. The maximum Gasteiger partial charge on any atom is 0.418 e. The molecule has 0 bridgehead atoms. The van der Waals surface area contributed by atoms with Gasteiger partial charge in [0.25, 0.3) is 0 Å². The number of amides is 1. The van der Waals surface area contributed by atoms with Crippen LogP contribution in [0.15, 0.2) is 48.7 Å². The Morgan fingerprint density at radius 3 is 2.68 bits per heavy atom. The number of nitrogens with zero attached hydrogens (tertiary/aromatic N) is 2. The van der Waals surface area contributed by atoms with Crippen LogP contribution in [0.25, 0.3) is 0 Å². The van der Waals surface area contributed by atoms with Crippen molar-refractivity contribution in [2.75, 3.05) is 24.7 Å². The molecule has 174 valence electrons. The van der Waals surface area contributed by atoms with Gasteiger partial charge in [-0.2, -0.15) is 13.2 Å². The van der Waals surface area contributed by atoms with E-state index in [1.165, 1.54) is 17.2 Å². The van der Waals surface area contributed by atoms with E-state index in [-0.39, 0.29) is 30.5 Å². The van der Waals surface area contributed by atoms with Gasteiger partial charge in [0.1, 0.15) is 31.0 Å². The van der Waals surface area contributed by atoms with Crippen molar-refractivity contribution in [3.63, 3.8) is 0 Å². The zero-order valence-electron chi connectivity index (χ0n) is 17.5. The lowest BCUT2D eigenvalue weighted by Gasteiger charge is -2.27. The fourth-order valence-electron chi connectivity index (χ4n) is 4.95. The number of halogens is 4. The van der Waals surface area contributed by atoms with Gasteiger partial charge in [0.05, 0.1) is 28.4 Å². The number of alkyl halides is 3. The minimum atomic E-state index is -4.61. The largest absolute Gasteiger partial charge is 0.490 e. The van der Waals surface area contributed by atoms with Crippen LogP contribution in [0, 0.1) is 0 Å². The number of rotatable bonds is 2. The molecule has 10 heteroatoms. The summed E-state index contributed by atoms with van der Waals surface area (Å²) in [6.45, 7) is 0.178. The lowest BCUT2D eigenvalue weighted by Crippen LogP contribution is -2.43. The van der Waals surface area contributed by atoms with Gasteiger partial charge in [-0.1, -0.05) is 29.8 Å². The zero-order chi connectivity index (χ0) is 23.7. The average Bonchev–Trinajstić information content (AvgIpc) is 3.33. The Morgan fingerprint density at radius 2 is 1.85 bits per heavy atom. The lowest BCUT2D eigenvalue weighted by molar-refractivity contribution is -0.138. The second kappa shape index (κ2) is 7.27. The molecule has 0 aliphatic carbocycles. The van der Waals surface area contributed by atoms with Gasteiger partial charge >= 0.3 is 6.18 Å². The highest BCUT2D eigenvalue weighted by atomic mass is 35.5. The first-order valence-electron chi connectivity index (χ1n) is 10.5. The maximum atomic E-state index is 14.1. The van der Waals surface area contributed by atoms with E-state index < -0.39 is 23.1 Å². The number of pyridine rings is 1. The number of hydrogen-bond acceptors (Lipinski definition) is 5. The molecule has 4 heterocycles. The molecule has 1 unspecified atom stereocenters. The van der Waals surface area contributed by atoms with Crippen LogP contribution < -0.4 is 19.1 Å². The van der Waals surface area contributed by atoms with E-state index >= 15 is 0 Å². The van der Waals surface area contributed by atoms with Crippen molar-refractivity contribution in [1.82, 2.24) is 4.98 Å². The molecule has 0 saturated carbocycles. The molecule has 34 heavy (non-hydrogen) atoms. The SMILES string of the molecule is O=C1N(Cc2ncccc2C(F)(F)F)c2ccccc2C12COc1c(Cl)cc3c(c12)OCCO3. The highest BCUT2D eigenvalue weighted by Gasteiger charge is 2.59. The smallest absolute Gasteiger partial charge is 0.418 e. The molecule has 1 atom stereocenters. The van der Waals surface area contributed by atoms with E-state index in [0.717, 1.165) is 6.07 Å². The van der Waals surface area contributed by atoms with Gasteiger partial charge in [-0.15, -0.1) is 0 Å². The minimum absolute atomic E-state index is 0.0669. The van der Waals surface area contributed by atoms with Gasteiger partial charge in [-0.25, -0.2) is 0 Å². The number of fused-ring (bicyclic) bond motifs is 6. The summed E-state index contributed by atoms with van der Waals surface area (Å²) < 4.78 is 58.4. The third kappa shape index (κ3) is 2.82. The van der Waals surface area contributed by atoms with Crippen LogP contribution in [0.2, 0.25) is 5.02 Å². The van der Waals surface area contributed by atoms with Crippen LogP contribution >= 0.6 is 11.6 Å². The van der Waals surface area contributed by atoms with Crippen LogP contribution in [-0.4, -0.2) is 30.7 Å². The molecule has 3 aliphatic rings. The third-order valence-corrected chi connectivity index (χ3v) is 6.65. The summed E-state index contributed by atoms with van der Waals surface area (Å²) in [6.07, 6.45) is -3.33. The fraction of sp³-hybridized carbons (Fsp3) is 0.250. The normalized spacial score (nSPS) is 20.4. The summed E-state index contributed by atoms with van der Waals surface area (Å²) in [6, 6.07) is 10.7. The van der Waals surface area contributed by atoms with Crippen molar-refractivity contribution in [1.29, 1.82) is 0 Å². The Balaban J connectivity index is 1.53. The second-order valence-corrected chi connectivity index (χ2v) is 8.59. The van der Waals surface area contributed by atoms with Crippen molar-refractivity contribution in [2.24, 2.45) is 0 Å². The van der Waals surface area contributed by atoms with Gasteiger partial charge < -0.3 is 19.1 Å². The lowest BCUT2D eigenvalue weighted by atomic mass is 9.76. The van der Waals surface area contributed by atoms with E-state index in [2.05, 4.69) is 4.98 Å². The minimum Gasteiger partial charge on any atom is -0.490 e. The number of aromatic nitrogens is 1. The van der Waals surface area contributed by atoms with Crippen LogP contribution in [-0.2, 0) is 22.9 Å². The van der Waals surface area contributed by atoms with Crippen molar-refractivity contribution in [3.8, 4) is 17.2 Å². The zero-order valence-corrected chi connectivity index (χ0v) is 18.2. The first kappa shape index (κ1) is 21.1. The number of para-hydroxylation sites is 1. The van der Waals surface area contributed by atoms with Crippen LogP contribution in [0.5, 0.6) is 17.2 Å². The first-order valence-corrected chi connectivity index (χ1v) is 10.9. The topological polar surface area (TPSA) is 60.9 Å². The number of carbonyl (C=O) groups is 1. The second-order valence-electron chi connectivity index (χ2n) is 8.18. The standard InChI is InChI=1S/C24H16ClF3N2O4/c25-15-10-18-21(33-9-8-32-18)19-20(15)34-12-23(19)14-4-1-2-6-17(14)30(22(23)31)11-16-13(24(26,27)28)5-3-7-29-16/h1-7,10H,8-9,11-12H2. The molecule has 3 aliphatic heterocycles. The summed E-state index contributed by atoms with van der Waals surface area (Å²) in [4.78, 5) is 19.4. The van der Waals surface area contributed by atoms with Gasteiger partial charge in [-0.05, 0) is 23.8 Å². The molecule has 6 nitrogen and oxygen atoms in total. The quantitative estimate of drug-likeness (QED) is 0.521. The molecule has 2 aromatic carbocycles. The highest BCUT2D eigenvalue weighted by molar-refractivity contribution is 6.32. The van der Waals surface area contributed by atoms with Gasteiger partial charge in [0, 0.05) is 18.0 Å². The summed E-state index contributed by atoms with van der Waals surface area (Å²) in [5, 5.41) is 0.268. The summed E-state index contributed by atoms with van der Waals surface area (Å²) in [5.41, 5.74) is -0.959. The molecular formula is C24H16ClF3N2O4. The monoisotopic (exact) mass is 488 g/mol. The molecule has 0 fully saturated rings. The molecule has 0 N–H and O–H groups in total. The van der Waals surface area contributed by atoms with E-state index in [0.29, 0.717) is 40.7 Å². The Morgan fingerprint density at radius 1 is 1.06 bits per heavy atom. The first-order chi connectivity index (χ1) is 16.3. The summed E-state index contributed by atoms with van der Waals surface area (Å²) >= 11 is 6.46. The van der Waals surface area contributed by atoms with Crippen LogP contribution in [0.3, 0.4) is 0 Å². The molecule has 1 spiro atoms. The van der Waals surface area contributed by atoms with E-state index in [4.69, 9.17) is 25.8 Å². The molecule has 1 amide bonds. The van der Waals surface area contributed by atoms with Gasteiger partial charge in [-0.3, -0.25) is 9.78 Å². The molecule has 6 rings (SSSR count). The number of anilines is 1. The van der Waals surface area contributed by atoms with Gasteiger partial charge in [0.15, 0.2) is 11.5 Å². The summed E-state index contributed by atoms with van der Waals surface area (Å²) in [7, 11) is 0. The van der Waals surface area contributed by atoms with Crippen LogP contribution in [0.4, 0.5) is 18.9 Å². The highest BCUT2D eigenvalue weighted by Crippen LogP contribution is 2.59. The maximum absolute atomic E-state index is 14.1. The predicted octanol–water partition coefficient (Wildman–Crippen LogP) is 4.75. The van der Waals surface area contributed by atoms with Crippen molar-refractivity contribution >= 4 is 23.2 Å².